The fourth-order valence-corrected chi connectivity index (χ4v) is 2.27. The maximum Gasteiger partial charge on any atom is 0.202 e. The second-order valence-electron chi connectivity index (χ2n) is 4.94. The average molecular weight is 262 g/mol. The first-order valence-electron chi connectivity index (χ1n) is 5.65. The minimum Gasteiger partial charge on any atom is -0.359 e. The Morgan fingerprint density at radius 2 is 2.12 bits per heavy atom. The lowest BCUT2D eigenvalue weighted by Gasteiger charge is -2.12. The molecule has 1 atom stereocenters. The summed E-state index contributed by atoms with van der Waals surface area (Å²) in [5.74, 6) is 0.890. The molecule has 0 spiro atoms. The van der Waals surface area contributed by atoms with Crippen molar-refractivity contribution in [1.82, 2.24) is 9.36 Å². The molecule has 1 rings (SSSR count). The second-order valence-corrected chi connectivity index (χ2v) is 6.31. The number of aromatic nitrogens is 2. The smallest absolute Gasteiger partial charge is 0.202 e. The molecule has 0 aliphatic rings. The topological polar surface area (TPSA) is 37.8 Å². The predicted molar refractivity (Wildman–Crippen MR) is 71.6 cm³/mol. The van der Waals surface area contributed by atoms with Crippen LogP contribution in [0.15, 0.2) is 0 Å². The molecule has 1 aromatic heterocycles. The molecule has 1 unspecified atom stereocenters. The standard InChI is InChI=1S/C11H20ClN3S/c1-5-6-8(12)7-13-10-14-9(15-16-10)11(2,3)4/h8H,5-7H2,1-4H3,(H,13,14,15). The first-order valence-corrected chi connectivity index (χ1v) is 6.86. The number of nitrogens with one attached hydrogen (secondary N) is 1. The SMILES string of the molecule is CCCC(Cl)CNc1nc(C(C)(C)C)ns1. The van der Waals surface area contributed by atoms with Gasteiger partial charge in [-0.25, -0.2) is 4.98 Å². The van der Waals surface area contributed by atoms with Crippen LogP contribution in [0.4, 0.5) is 5.13 Å². The van der Waals surface area contributed by atoms with E-state index >= 15 is 0 Å². The first kappa shape index (κ1) is 13.7. The Kier molecular flexibility index (Phi) is 4.99. The summed E-state index contributed by atoms with van der Waals surface area (Å²) in [7, 11) is 0. The van der Waals surface area contributed by atoms with Gasteiger partial charge < -0.3 is 5.32 Å². The monoisotopic (exact) mass is 261 g/mol. The van der Waals surface area contributed by atoms with Crippen LogP contribution in [0.2, 0.25) is 0 Å². The van der Waals surface area contributed by atoms with Gasteiger partial charge in [0.2, 0.25) is 5.13 Å². The van der Waals surface area contributed by atoms with Crippen molar-refractivity contribution in [3.8, 4) is 0 Å². The number of hydrogen-bond donors (Lipinski definition) is 1. The fraction of sp³-hybridized carbons (Fsp3) is 0.818. The van der Waals surface area contributed by atoms with Gasteiger partial charge in [0.15, 0.2) is 0 Å². The van der Waals surface area contributed by atoms with E-state index < -0.39 is 0 Å². The zero-order chi connectivity index (χ0) is 12.2. The van der Waals surface area contributed by atoms with Gasteiger partial charge >= 0.3 is 0 Å². The van der Waals surface area contributed by atoms with Crippen LogP contribution in [0.25, 0.3) is 0 Å². The molecule has 0 bridgehead atoms. The molecule has 1 aromatic rings. The van der Waals surface area contributed by atoms with E-state index in [2.05, 4.69) is 42.4 Å². The van der Waals surface area contributed by atoms with E-state index in [0.29, 0.717) is 0 Å². The fourth-order valence-electron chi connectivity index (χ4n) is 1.21. The van der Waals surface area contributed by atoms with Gasteiger partial charge in [-0.1, -0.05) is 34.1 Å². The highest BCUT2D eigenvalue weighted by Gasteiger charge is 2.19. The van der Waals surface area contributed by atoms with Crippen molar-refractivity contribution in [3.63, 3.8) is 0 Å². The summed E-state index contributed by atoms with van der Waals surface area (Å²) < 4.78 is 4.34. The van der Waals surface area contributed by atoms with E-state index in [-0.39, 0.29) is 10.8 Å². The zero-order valence-electron chi connectivity index (χ0n) is 10.4. The molecule has 92 valence electrons. The summed E-state index contributed by atoms with van der Waals surface area (Å²) in [4.78, 5) is 4.45. The van der Waals surface area contributed by atoms with Crippen LogP contribution in [0, 0.1) is 0 Å². The number of alkyl halides is 1. The average Bonchev–Trinajstić information content (AvgIpc) is 2.63. The molecule has 16 heavy (non-hydrogen) atoms. The van der Waals surface area contributed by atoms with Gasteiger partial charge in [0.25, 0.3) is 0 Å². The van der Waals surface area contributed by atoms with E-state index in [0.717, 1.165) is 30.3 Å². The number of hydrogen-bond acceptors (Lipinski definition) is 4. The summed E-state index contributed by atoms with van der Waals surface area (Å²) in [6, 6.07) is 0. The summed E-state index contributed by atoms with van der Waals surface area (Å²) in [5.41, 5.74) is 0.0141. The maximum absolute atomic E-state index is 6.12. The summed E-state index contributed by atoms with van der Waals surface area (Å²) in [6.07, 6.45) is 2.14. The van der Waals surface area contributed by atoms with Crippen molar-refractivity contribution in [1.29, 1.82) is 0 Å². The summed E-state index contributed by atoms with van der Waals surface area (Å²) in [5, 5.41) is 4.28. The third kappa shape index (κ3) is 4.26. The van der Waals surface area contributed by atoms with Gasteiger partial charge in [-0.05, 0) is 6.42 Å². The number of nitrogens with zero attached hydrogens (tertiary/aromatic N) is 2. The largest absolute Gasteiger partial charge is 0.359 e. The van der Waals surface area contributed by atoms with Crippen molar-refractivity contribution in [2.45, 2.75) is 51.3 Å². The minimum absolute atomic E-state index is 0.0141. The molecule has 0 aliphatic carbocycles. The van der Waals surface area contributed by atoms with Crippen molar-refractivity contribution in [2.24, 2.45) is 0 Å². The summed E-state index contributed by atoms with van der Waals surface area (Å²) in [6.45, 7) is 9.23. The predicted octanol–water partition coefficient (Wildman–Crippen LogP) is 3.66. The normalized spacial score (nSPS) is 13.8. The molecule has 0 saturated heterocycles. The van der Waals surface area contributed by atoms with Crippen LogP contribution in [0.1, 0.15) is 46.4 Å². The lowest BCUT2D eigenvalue weighted by Crippen LogP contribution is -2.15. The van der Waals surface area contributed by atoms with E-state index in [1.807, 2.05) is 0 Å². The number of rotatable bonds is 5. The van der Waals surface area contributed by atoms with Crippen LogP contribution in [-0.2, 0) is 5.41 Å². The van der Waals surface area contributed by atoms with Gasteiger partial charge in [0.05, 0.1) is 5.38 Å². The highest BCUT2D eigenvalue weighted by atomic mass is 35.5. The maximum atomic E-state index is 6.12. The molecular formula is C11H20ClN3S. The van der Waals surface area contributed by atoms with E-state index in [1.54, 1.807) is 0 Å². The molecular weight excluding hydrogens is 242 g/mol. The van der Waals surface area contributed by atoms with E-state index in [9.17, 15) is 0 Å². The Morgan fingerprint density at radius 1 is 1.44 bits per heavy atom. The van der Waals surface area contributed by atoms with Crippen molar-refractivity contribution in [3.05, 3.63) is 5.82 Å². The van der Waals surface area contributed by atoms with Crippen LogP contribution in [-0.4, -0.2) is 21.3 Å². The molecule has 1 N–H and O–H groups in total. The molecule has 0 amide bonds. The zero-order valence-corrected chi connectivity index (χ0v) is 12.0. The molecule has 0 fully saturated rings. The summed E-state index contributed by atoms with van der Waals surface area (Å²) >= 11 is 7.53. The highest BCUT2D eigenvalue weighted by Crippen LogP contribution is 2.23. The van der Waals surface area contributed by atoms with Crippen LogP contribution < -0.4 is 5.32 Å². The Hall–Kier alpha value is -0.350. The lowest BCUT2D eigenvalue weighted by atomic mass is 9.96. The van der Waals surface area contributed by atoms with E-state index in [4.69, 9.17) is 11.6 Å². The van der Waals surface area contributed by atoms with Crippen LogP contribution >= 0.6 is 23.1 Å². The van der Waals surface area contributed by atoms with Crippen molar-refractivity contribution < 1.29 is 0 Å². The van der Waals surface area contributed by atoms with Crippen LogP contribution in [0.3, 0.4) is 0 Å². The molecule has 0 saturated carbocycles. The number of halogens is 1. The third-order valence-electron chi connectivity index (χ3n) is 2.17. The minimum atomic E-state index is 0.0141. The first-order chi connectivity index (χ1) is 7.43. The van der Waals surface area contributed by atoms with Gasteiger partial charge in [0, 0.05) is 23.5 Å². The molecule has 3 nitrogen and oxygen atoms in total. The number of anilines is 1. The second kappa shape index (κ2) is 5.82. The van der Waals surface area contributed by atoms with Gasteiger partial charge in [-0.3, -0.25) is 0 Å². The van der Waals surface area contributed by atoms with Gasteiger partial charge in [0.1, 0.15) is 5.82 Å². The quantitative estimate of drug-likeness (QED) is 0.822. The van der Waals surface area contributed by atoms with Crippen LogP contribution in [0.5, 0.6) is 0 Å². The van der Waals surface area contributed by atoms with Crippen molar-refractivity contribution >= 4 is 28.3 Å². The molecule has 1 heterocycles. The Labute approximate surface area is 107 Å². The Morgan fingerprint density at radius 3 is 2.62 bits per heavy atom. The third-order valence-corrected chi connectivity index (χ3v) is 3.22. The molecule has 5 heteroatoms. The lowest BCUT2D eigenvalue weighted by molar-refractivity contribution is 0.555. The Balaban J connectivity index is 2.47. The molecule has 0 radical (unpaired) electrons. The molecule has 0 aromatic carbocycles. The van der Waals surface area contributed by atoms with Gasteiger partial charge in [-0.2, -0.15) is 4.37 Å². The van der Waals surface area contributed by atoms with Gasteiger partial charge in [-0.15, -0.1) is 11.6 Å². The molecule has 0 aliphatic heterocycles. The van der Waals surface area contributed by atoms with Crippen molar-refractivity contribution in [2.75, 3.05) is 11.9 Å². The Bertz CT molecular complexity index is 319. The van der Waals surface area contributed by atoms with E-state index in [1.165, 1.54) is 11.5 Å². The highest BCUT2D eigenvalue weighted by molar-refractivity contribution is 7.09.